The van der Waals surface area contributed by atoms with E-state index in [1.165, 1.54) is 12.1 Å². The quantitative estimate of drug-likeness (QED) is 0.738. The lowest BCUT2D eigenvalue weighted by Crippen LogP contribution is -2.42. The number of carbonyl (C=O) groups excluding carboxylic acids is 1. The number of ether oxygens (including phenoxy) is 2. The van der Waals surface area contributed by atoms with E-state index < -0.39 is 11.7 Å². The second kappa shape index (κ2) is 8.63. The van der Waals surface area contributed by atoms with E-state index in [2.05, 4.69) is 10.3 Å². The van der Waals surface area contributed by atoms with Gasteiger partial charge in [0.1, 0.15) is 11.9 Å². The van der Waals surface area contributed by atoms with Crippen LogP contribution in [0.2, 0.25) is 0 Å². The molecule has 0 bridgehead atoms. The van der Waals surface area contributed by atoms with Crippen molar-refractivity contribution in [2.24, 2.45) is 0 Å². The smallest absolute Gasteiger partial charge is 0.416 e. The highest BCUT2D eigenvalue weighted by atomic mass is 19.4. The fraction of sp³-hybridized carbons (Fsp3) is 0.550. The highest BCUT2D eigenvalue weighted by Gasteiger charge is 2.31. The number of likely N-dealkylation sites (tertiary alicyclic amines) is 1. The molecule has 2 aliphatic heterocycles. The van der Waals surface area contributed by atoms with Crippen molar-refractivity contribution in [2.45, 2.75) is 50.6 Å². The Morgan fingerprint density at radius 2 is 2.03 bits per heavy atom. The second-order valence-corrected chi connectivity index (χ2v) is 7.60. The summed E-state index contributed by atoms with van der Waals surface area (Å²) < 4.78 is 51.5. The summed E-state index contributed by atoms with van der Waals surface area (Å²) in [7, 11) is 0. The number of hydrogen-bond donors (Lipinski definition) is 0. The summed E-state index contributed by atoms with van der Waals surface area (Å²) in [4.78, 5) is 14.4. The third-order valence-electron chi connectivity index (χ3n) is 5.37. The van der Waals surface area contributed by atoms with Crippen molar-refractivity contribution >= 4 is 5.91 Å². The summed E-state index contributed by atoms with van der Waals surface area (Å²) in [6.45, 7) is 2.22. The van der Waals surface area contributed by atoms with E-state index in [1.54, 1.807) is 15.8 Å². The molecule has 2 aromatic rings. The number of aromatic nitrogens is 3. The summed E-state index contributed by atoms with van der Waals surface area (Å²) in [6.07, 6.45) is 0.167. The molecular weight excluding hydrogens is 401 g/mol. The van der Waals surface area contributed by atoms with Crippen LogP contribution in [-0.4, -0.2) is 57.7 Å². The zero-order valence-electron chi connectivity index (χ0n) is 16.3. The van der Waals surface area contributed by atoms with Crippen molar-refractivity contribution in [3.8, 4) is 5.75 Å². The first-order valence-electron chi connectivity index (χ1n) is 10.0. The fourth-order valence-electron chi connectivity index (χ4n) is 3.76. The average molecular weight is 424 g/mol. The maximum Gasteiger partial charge on any atom is 0.416 e. The molecule has 2 saturated heterocycles. The van der Waals surface area contributed by atoms with E-state index in [0.717, 1.165) is 31.6 Å². The molecule has 2 fully saturated rings. The number of rotatable bonds is 5. The SMILES string of the molecule is O=C(c1cn(CC2CCCO2)nn1)N1CCC(Oc2cccc(C(F)(F)F)c2)CC1. The molecule has 1 unspecified atom stereocenters. The van der Waals surface area contributed by atoms with E-state index in [1.807, 2.05) is 0 Å². The third-order valence-corrected chi connectivity index (χ3v) is 5.37. The van der Waals surface area contributed by atoms with Gasteiger partial charge in [-0.3, -0.25) is 4.79 Å². The van der Waals surface area contributed by atoms with Crippen LogP contribution in [0.1, 0.15) is 41.7 Å². The van der Waals surface area contributed by atoms with Gasteiger partial charge in [-0.1, -0.05) is 11.3 Å². The molecule has 0 saturated carbocycles. The van der Waals surface area contributed by atoms with Crippen molar-refractivity contribution in [2.75, 3.05) is 19.7 Å². The van der Waals surface area contributed by atoms with Crippen molar-refractivity contribution in [3.63, 3.8) is 0 Å². The molecule has 0 N–H and O–H groups in total. The summed E-state index contributed by atoms with van der Waals surface area (Å²) in [5.74, 6) is -0.0159. The Kier molecular flexibility index (Phi) is 5.94. The third kappa shape index (κ3) is 4.92. The van der Waals surface area contributed by atoms with Crippen LogP contribution in [-0.2, 0) is 17.5 Å². The summed E-state index contributed by atoms with van der Waals surface area (Å²) in [5, 5.41) is 8.00. The number of amides is 1. The standard InChI is InChI=1S/C20H23F3N4O3/c21-20(22,23)14-3-1-4-16(11-14)30-15-6-8-26(9-7-15)19(28)18-13-27(25-24-18)12-17-5-2-10-29-17/h1,3-4,11,13,15,17H,2,5-10,12H2. The minimum atomic E-state index is -4.41. The van der Waals surface area contributed by atoms with Crippen molar-refractivity contribution < 1.29 is 27.4 Å². The minimum Gasteiger partial charge on any atom is -0.490 e. The van der Waals surface area contributed by atoms with Gasteiger partial charge in [-0.15, -0.1) is 5.10 Å². The van der Waals surface area contributed by atoms with Crippen molar-refractivity contribution in [3.05, 3.63) is 41.7 Å². The van der Waals surface area contributed by atoms with Gasteiger partial charge in [-0.2, -0.15) is 13.2 Å². The molecule has 162 valence electrons. The first-order valence-corrected chi connectivity index (χ1v) is 10.0. The normalized spacial score (nSPS) is 20.5. The van der Waals surface area contributed by atoms with E-state index in [9.17, 15) is 18.0 Å². The van der Waals surface area contributed by atoms with Crippen LogP contribution >= 0.6 is 0 Å². The molecule has 4 rings (SSSR count). The topological polar surface area (TPSA) is 69.5 Å². The fourth-order valence-corrected chi connectivity index (χ4v) is 3.76. The van der Waals surface area contributed by atoms with Crippen LogP contribution in [0.25, 0.3) is 0 Å². The monoisotopic (exact) mass is 424 g/mol. The minimum absolute atomic E-state index is 0.110. The molecule has 1 aromatic carbocycles. The predicted molar refractivity (Wildman–Crippen MR) is 100.0 cm³/mol. The van der Waals surface area contributed by atoms with Crippen molar-refractivity contribution in [1.29, 1.82) is 0 Å². The van der Waals surface area contributed by atoms with E-state index in [-0.39, 0.29) is 29.6 Å². The Morgan fingerprint density at radius 3 is 2.73 bits per heavy atom. The van der Waals surface area contributed by atoms with Crippen LogP contribution in [0, 0.1) is 0 Å². The first-order chi connectivity index (χ1) is 14.4. The Labute approximate surface area is 171 Å². The van der Waals surface area contributed by atoms with E-state index in [0.29, 0.717) is 32.5 Å². The predicted octanol–water partition coefficient (Wildman–Crippen LogP) is 3.16. The summed E-state index contributed by atoms with van der Waals surface area (Å²) >= 11 is 0. The average Bonchev–Trinajstić information content (AvgIpc) is 3.40. The van der Waals surface area contributed by atoms with Gasteiger partial charge in [0.25, 0.3) is 5.91 Å². The number of carbonyl (C=O) groups is 1. The molecule has 1 amide bonds. The molecule has 0 spiro atoms. The van der Waals surface area contributed by atoms with Crippen LogP contribution in [0.3, 0.4) is 0 Å². The van der Waals surface area contributed by atoms with Gasteiger partial charge < -0.3 is 14.4 Å². The lowest BCUT2D eigenvalue weighted by atomic mass is 10.1. The molecule has 0 radical (unpaired) electrons. The molecule has 0 aliphatic carbocycles. The number of piperidine rings is 1. The van der Waals surface area contributed by atoms with Crippen LogP contribution in [0.5, 0.6) is 5.75 Å². The zero-order chi connectivity index (χ0) is 21.1. The van der Waals surface area contributed by atoms with E-state index in [4.69, 9.17) is 9.47 Å². The number of alkyl halides is 3. The van der Waals surface area contributed by atoms with Gasteiger partial charge in [-0.25, -0.2) is 4.68 Å². The summed E-state index contributed by atoms with van der Waals surface area (Å²) in [6, 6.07) is 4.86. The lowest BCUT2D eigenvalue weighted by Gasteiger charge is -2.31. The molecule has 3 heterocycles. The largest absolute Gasteiger partial charge is 0.490 e. The molecular formula is C20H23F3N4O3. The van der Waals surface area contributed by atoms with Gasteiger partial charge in [-0.05, 0) is 31.0 Å². The molecule has 1 aromatic heterocycles. The molecule has 30 heavy (non-hydrogen) atoms. The number of hydrogen-bond acceptors (Lipinski definition) is 5. The highest BCUT2D eigenvalue weighted by molar-refractivity contribution is 5.92. The van der Waals surface area contributed by atoms with Crippen LogP contribution in [0.4, 0.5) is 13.2 Å². The maximum atomic E-state index is 12.8. The number of benzene rings is 1. The Bertz CT molecular complexity index is 872. The van der Waals surface area contributed by atoms with Crippen LogP contribution < -0.4 is 4.74 Å². The second-order valence-electron chi connectivity index (χ2n) is 7.60. The van der Waals surface area contributed by atoms with Crippen LogP contribution in [0.15, 0.2) is 30.5 Å². The zero-order valence-corrected chi connectivity index (χ0v) is 16.3. The molecule has 7 nitrogen and oxygen atoms in total. The highest BCUT2D eigenvalue weighted by Crippen LogP contribution is 2.32. The Balaban J connectivity index is 1.29. The Hall–Kier alpha value is -2.62. The summed E-state index contributed by atoms with van der Waals surface area (Å²) in [5.41, 5.74) is -0.455. The number of nitrogens with zero attached hydrogens (tertiary/aromatic N) is 4. The molecule has 10 heteroatoms. The van der Waals surface area contributed by atoms with Gasteiger partial charge >= 0.3 is 6.18 Å². The van der Waals surface area contributed by atoms with E-state index >= 15 is 0 Å². The van der Waals surface area contributed by atoms with Gasteiger partial charge in [0.15, 0.2) is 5.69 Å². The Morgan fingerprint density at radius 1 is 1.23 bits per heavy atom. The molecule has 2 aliphatic rings. The lowest BCUT2D eigenvalue weighted by molar-refractivity contribution is -0.137. The van der Waals surface area contributed by atoms with Gasteiger partial charge in [0.05, 0.1) is 24.4 Å². The van der Waals surface area contributed by atoms with Gasteiger partial charge in [0, 0.05) is 32.5 Å². The van der Waals surface area contributed by atoms with Gasteiger partial charge in [0.2, 0.25) is 0 Å². The first kappa shape index (κ1) is 20.6. The molecule has 1 atom stereocenters. The van der Waals surface area contributed by atoms with Crippen molar-refractivity contribution in [1.82, 2.24) is 19.9 Å². The number of halogens is 3. The maximum absolute atomic E-state index is 12.8.